The average molecular weight is 597 g/mol. The normalized spacial score (nSPS) is 13.3. The Hall–Kier alpha value is -2.91. The Balaban J connectivity index is 1.84. The molecular formula is C36H48N2O2Si2. The van der Waals surface area contributed by atoms with Crippen molar-refractivity contribution in [1.29, 1.82) is 0 Å². The van der Waals surface area contributed by atoms with Gasteiger partial charge in [0.1, 0.15) is 0 Å². The number of rotatable bonds is 13. The highest BCUT2D eigenvalue weighted by Crippen LogP contribution is 2.33. The zero-order valence-electron chi connectivity index (χ0n) is 26.9. The molecule has 4 nitrogen and oxygen atoms in total. The second-order valence-corrected chi connectivity index (χ2v) is 22.2. The van der Waals surface area contributed by atoms with E-state index in [1.807, 2.05) is 0 Å². The average Bonchev–Trinajstić information content (AvgIpc) is 2.93. The van der Waals surface area contributed by atoms with E-state index in [0.29, 0.717) is 0 Å². The van der Waals surface area contributed by atoms with Crippen LogP contribution in [0.2, 0.25) is 39.3 Å². The van der Waals surface area contributed by atoms with Crippen LogP contribution in [0.5, 0.6) is 0 Å². The summed E-state index contributed by atoms with van der Waals surface area (Å²) >= 11 is 0. The van der Waals surface area contributed by atoms with Gasteiger partial charge in [-0.1, -0.05) is 72.8 Å². The van der Waals surface area contributed by atoms with Gasteiger partial charge in [-0.2, -0.15) is 0 Å². The molecule has 0 atom stereocenters. The highest BCUT2D eigenvalue weighted by Gasteiger charge is 2.18. The summed E-state index contributed by atoms with van der Waals surface area (Å²) in [7, 11) is -3.20. The molecule has 42 heavy (non-hydrogen) atoms. The van der Waals surface area contributed by atoms with Crippen LogP contribution in [0.3, 0.4) is 0 Å². The third-order valence-corrected chi connectivity index (χ3v) is 9.36. The number of fused-ring (bicyclic) bond motifs is 2. The fourth-order valence-electron chi connectivity index (χ4n) is 5.06. The molecule has 0 aliphatic rings. The number of aliphatic imine (C=N–C) groups is 2. The minimum absolute atomic E-state index is 0.739. The number of aryl methyl sites for hydroxylation is 2. The van der Waals surface area contributed by atoms with Crippen molar-refractivity contribution in [2.75, 3.05) is 13.2 Å². The maximum atomic E-state index is 6.26. The molecule has 0 fully saturated rings. The SMILES string of the molecule is Cc1ccc2ccccc2c1N=C(CCCO[Si](C)(C)C)C(CCCO[Si](C)(C)C)=Nc1c(C)ccc2ccccc12. The number of benzene rings is 4. The van der Waals surface area contributed by atoms with Crippen LogP contribution < -0.4 is 0 Å². The van der Waals surface area contributed by atoms with Crippen LogP contribution in [0.4, 0.5) is 11.4 Å². The predicted octanol–water partition coefficient (Wildman–Crippen LogP) is 10.7. The zero-order chi connectivity index (χ0) is 30.3. The summed E-state index contributed by atoms with van der Waals surface area (Å²) < 4.78 is 12.5. The molecule has 0 radical (unpaired) electrons. The van der Waals surface area contributed by atoms with Crippen molar-refractivity contribution in [2.45, 2.75) is 78.8 Å². The molecular weight excluding hydrogens is 549 g/mol. The minimum atomic E-state index is -1.60. The third kappa shape index (κ3) is 9.04. The van der Waals surface area contributed by atoms with Crippen LogP contribution in [0, 0.1) is 13.8 Å². The van der Waals surface area contributed by atoms with Crippen molar-refractivity contribution in [3.8, 4) is 0 Å². The standard InChI is InChI=1S/C36H48N2O2Si2/c1-27-21-23-29-15-9-11-17-31(29)35(27)37-33(19-13-25-39-41(3,4)5)34(20-14-26-40-42(6,7)8)38-36-28(2)22-24-30-16-10-12-18-32(30)36/h9-12,15-18,21-24H,13-14,19-20,25-26H2,1-8H3. The number of hydrogen-bond acceptors (Lipinski definition) is 4. The molecule has 6 heteroatoms. The summed E-state index contributed by atoms with van der Waals surface area (Å²) in [6, 6.07) is 25.8. The van der Waals surface area contributed by atoms with E-state index in [2.05, 4.69) is 126 Å². The first-order valence-corrected chi connectivity index (χ1v) is 22.1. The van der Waals surface area contributed by atoms with Crippen LogP contribution in [-0.4, -0.2) is 41.3 Å². The molecule has 4 aromatic rings. The summed E-state index contributed by atoms with van der Waals surface area (Å²) in [4.78, 5) is 10.9. The Morgan fingerprint density at radius 1 is 0.548 bits per heavy atom. The lowest BCUT2D eigenvalue weighted by atomic mass is 10.0. The Bertz CT molecular complexity index is 1460. The largest absolute Gasteiger partial charge is 0.418 e. The van der Waals surface area contributed by atoms with E-state index >= 15 is 0 Å². The first kappa shape index (κ1) is 32.0. The summed E-state index contributed by atoms with van der Waals surface area (Å²) in [5, 5.41) is 4.76. The molecule has 0 saturated heterocycles. The van der Waals surface area contributed by atoms with Crippen molar-refractivity contribution in [1.82, 2.24) is 0 Å². The highest BCUT2D eigenvalue weighted by atomic mass is 28.4. The molecule has 0 aromatic heterocycles. The van der Waals surface area contributed by atoms with Crippen LogP contribution >= 0.6 is 0 Å². The van der Waals surface area contributed by atoms with Crippen LogP contribution in [0.15, 0.2) is 82.8 Å². The zero-order valence-corrected chi connectivity index (χ0v) is 28.9. The molecule has 4 rings (SSSR count). The Morgan fingerprint density at radius 3 is 1.31 bits per heavy atom. The maximum absolute atomic E-state index is 6.26. The van der Waals surface area contributed by atoms with E-state index in [9.17, 15) is 0 Å². The van der Waals surface area contributed by atoms with Crippen molar-refractivity contribution < 1.29 is 8.85 Å². The number of nitrogens with zero attached hydrogens (tertiary/aromatic N) is 2. The van der Waals surface area contributed by atoms with Gasteiger partial charge in [-0.05, 0) is 101 Å². The van der Waals surface area contributed by atoms with E-state index in [1.54, 1.807) is 0 Å². The van der Waals surface area contributed by atoms with Crippen molar-refractivity contribution in [2.24, 2.45) is 9.98 Å². The lowest BCUT2D eigenvalue weighted by molar-refractivity contribution is 0.306. The Morgan fingerprint density at radius 2 is 0.929 bits per heavy atom. The van der Waals surface area contributed by atoms with Crippen LogP contribution in [0.1, 0.15) is 36.8 Å². The lowest BCUT2D eigenvalue weighted by Gasteiger charge is -2.19. The molecule has 0 saturated carbocycles. The fourth-order valence-corrected chi connectivity index (χ4v) is 6.57. The predicted molar refractivity (Wildman–Crippen MR) is 189 cm³/mol. The van der Waals surface area contributed by atoms with E-state index in [-0.39, 0.29) is 0 Å². The maximum Gasteiger partial charge on any atom is 0.183 e. The van der Waals surface area contributed by atoms with E-state index in [1.165, 1.54) is 32.7 Å². The van der Waals surface area contributed by atoms with Crippen molar-refractivity contribution in [3.63, 3.8) is 0 Å². The monoisotopic (exact) mass is 596 g/mol. The molecule has 0 unspecified atom stereocenters. The molecule has 4 aromatic carbocycles. The van der Waals surface area contributed by atoms with Gasteiger partial charge in [0.05, 0.1) is 22.8 Å². The molecule has 0 aliphatic carbocycles. The van der Waals surface area contributed by atoms with Gasteiger partial charge < -0.3 is 8.85 Å². The van der Waals surface area contributed by atoms with E-state index < -0.39 is 16.6 Å². The van der Waals surface area contributed by atoms with Crippen LogP contribution in [0.25, 0.3) is 21.5 Å². The molecule has 0 bridgehead atoms. The quantitative estimate of drug-likeness (QED) is 0.0875. The summed E-state index contributed by atoms with van der Waals surface area (Å²) in [5.41, 5.74) is 6.52. The van der Waals surface area contributed by atoms with E-state index in [0.717, 1.165) is 61.7 Å². The number of hydrogen-bond donors (Lipinski definition) is 0. The van der Waals surface area contributed by atoms with Gasteiger partial charge in [-0.3, -0.25) is 9.98 Å². The molecule has 222 valence electrons. The Labute approximate surface area is 255 Å². The lowest BCUT2D eigenvalue weighted by Crippen LogP contribution is -2.27. The van der Waals surface area contributed by atoms with Gasteiger partial charge >= 0.3 is 0 Å². The van der Waals surface area contributed by atoms with Gasteiger partial charge in [-0.15, -0.1) is 0 Å². The van der Waals surface area contributed by atoms with E-state index in [4.69, 9.17) is 18.8 Å². The van der Waals surface area contributed by atoms with Crippen LogP contribution in [-0.2, 0) is 8.85 Å². The second kappa shape index (κ2) is 14.0. The van der Waals surface area contributed by atoms with Gasteiger partial charge in [0.2, 0.25) is 0 Å². The second-order valence-electron chi connectivity index (χ2n) is 13.2. The summed E-state index contributed by atoms with van der Waals surface area (Å²) in [6.45, 7) is 19.3. The molecule has 0 N–H and O–H groups in total. The molecule has 0 aliphatic heterocycles. The smallest absolute Gasteiger partial charge is 0.183 e. The third-order valence-electron chi connectivity index (χ3n) is 7.22. The van der Waals surface area contributed by atoms with Crippen molar-refractivity contribution in [3.05, 3.63) is 83.9 Å². The fraction of sp³-hybridized carbons (Fsp3) is 0.389. The van der Waals surface area contributed by atoms with Gasteiger partial charge in [0, 0.05) is 24.0 Å². The van der Waals surface area contributed by atoms with Crippen molar-refractivity contribution >= 4 is 61.0 Å². The molecule has 0 spiro atoms. The Kier molecular flexibility index (Phi) is 10.7. The molecule has 0 heterocycles. The topological polar surface area (TPSA) is 43.2 Å². The molecule has 0 amide bonds. The highest BCUT2D eigenvalue weighted by molar-refractivity contribution is 6.70. The minimum Gasteiger partial charge on any atom is -0.418 e. The van der Waals surface area contributed by atoms with Gasteiger partial charge in [0.15, 0.2) is 16.6 Å². The first-order valence-electron chi connectivity index (χ1n) is 15.3. The summed E-state index contributed by atoms with van der Waals surface area (Å²) in [5.74, 6) is 0. The van der Waals surface area contributed by atoms with Gasteiger partial charge in [-0.25, -0.2) is 0 Å². The van der Waals surface area contributed by atoms with Gasteiger partial charge in [0.25, 0.3) is 0 Å². The summed E-state index contributed by atoms with van der Waals surface area (Å²) in [6.07, 6.45) is 3.44. The first-order chi connectivity index (χ1) is 19.9.